The maximum absolute atomic E-state index is 12.6. The van der Waals surface area contributed by atoms with Gasteiger partial charge in [-0.25, -0.2) is 0 Å². The molecule has 1 aliphatic heterocycles. The first-order valence-electron chi connectivity index (χ1n) is 8.11. The lowest BCUT2D eigenvalue weighted by Crippen LogP contribution is -2.38. The molecule has 23 heavy (non-hydrogen) atoms. The third kappa shape index (κ3) is 3.72. The van der Waals surface area contributed by atoms with Crippen LogP contribution in [0, 0.1) is 5.92 Å². The molecular weight excluding hydrogens is 310 g/mol. The summed E-state index contributed by atoms with van der Waals surface area (Å²) < 4.78 is 6.15. The fourth-order valence-electron chi connectivity index (χ4n) is 3.04. The molecule has 2 aromatic rings. The van der Waals surface area contributed by atoms with Crippen LogP contribution < -0.4 is 0 Å². The van der Waals surface area contributed by atoms with Gasteiger partial charge in [0, 0.05) is 24.2 Å². The summed E-state index contributed by atoms with van der Waals surface area (Å²) in [6.07, 6.45) is 2.21. The summed E-state index contributed by atoms with van der Waals surface area (Å²) in [6, 6.07) is 10.0. The Morgan fingerprint density at radius 2 is 2.00 bits per heavy atom. The molecule has 1 aromatic carbocycles. The van der Waals surface area contributed by atoms with Gasteiger partial charge >= 0.3 is 5.97 Å². The van der Waals surface area contributed by atoms with Gasteiger partial charge in [0.05, 0.1) is 11.5 Å². The smallest absolute Gasteiger partial charge is 0.306 e. The topological polar surface area (TPSA) is 46.6 Å². The highest BCUT2D eigenvalue weighted by Crippen LogP contribution is 2.28. The molecule has 4 nitrogen and oxygen atoms in total. The van der Waals surface area contributed by atoms with Gasteiger partial charge in [-0.1, -0.05) is 18.2 Å². The van der Waals surface area contributed by atoms with Gasteiger partial charge in [0.15, 0.2) is 0 Å². The summed E-state index contributed by atoms with van der Waals surface area (Å²) in [5.41, 5.74) is 0. The largest absolute Gasteiger partial charge is 0.466 e. The molecule has 3 rings (SSSR count). The number of thiophene rings is 1. The Bertz CT molecular complexity index is 668. The number of benzene rings is 1. The van der Waals surface area contributed by atoms with Crippen molar-refractivity contribution in [1.29, 1.82) is 0 Å². The van der Waals surface area contributed by atoms with E-state index in [2.05, 4.69) is 0 Å². The molecule has 0 N–H and O–H groups in total. The molecule has 1 saturated heterocycles. The standard InChI is InChI=1S/C18H21NO3S/c1-2-22-17(20)11-13-7-9-19(10-8-13)18(21)16-12-14-5-3-4-6-15(14)23-16/h3-6,12-13H,2,7-11H2,1H3. The molecular formula is C18H21NO3S. The van der Waals surface area contributed by atoms with Crippen molar-refractivity contribution in [3.05, 3.63) is 35.2 Å². The Labute approximate surface area is 140 Å². The van der Waals surface area contributed by atoms with Crippen molar-refractivity contribution < 1.29 is 14.3 Å². The molecule has 0 radical (unpaired) electrons. The minimum atomic E-state index is -0.123. The Morgan fingerprint density at radius 1 is 1.26 bits per heavy atom. The molecule has 0 aliphatic carbocycles. The predicted molar refractivity (Wildman–Crippen MR) is 91.7 cm³/mol. The van der Waals surface area contributed by atoms with E-state index in [1.165, 1.54) is 0 Å². The van der Waals surface area contributed by atoms with Crippen LogP contribution in [0.2, 0.25) is 0 Å². The molecule has 0 atom stereocenters. The van der Waals surface area contributed by atoms with Crippen molar-refractivity contribution in [1.82, 2.24) is 4.90 Å². The molecule has 1 aromatic heterocycles. The second-order valence-corrected chi connectivity index (χ2v) is 6.98. The lowest BCUT2D eigenvalue weighted by atomic mass is 9.93. The Hall–Kier alpha value is -1.88. The summed E-state index contributed by atoms with van der Waals surface area (Å²) in [5, 5.41) is 1.12. The number of fused-ring (bicyclic) bond motifs is 1. The monoisotopic (exact) mass is 331 g/mol. The van der Waals surface area contributed by atoms with E-state index in [0.717, 1.165) is 40.9 Å². The van der Waals surface area contributed by atoms with Gasteiger partial charge < -0.3 is 9.64 Å². The maximum Gasteiger partial charge on any atom is 0.306 e. The van der Waals surface area contributed by atoms with Crippen molar-refractivity contribution in [2.24, 2.45) is 5.92 Å². The van der Waals surface area contributed by atoms with Crippen LogP contribution in [0.4, 0.5) is 0 Å². The lowest BCUT2D eigenvalue weighted by Gasteiger charge is -2.31. The van der Waals surface area contributed by atoms with Crippen LogP contribution in [-0.2, 0) is 9.53 Å². The Kier molecular flexibility index (Phi) is 4.96. The van der Waals surface area contributed by atoms with Gasteiger partial charge in [0.2, 0.25) is 0 Å². The zero-order valence-corrected chi connectivity index (χ0v) is 14.1. The molecule has 1 amide bonds. The van der Waals surface area contributed by atoms with Crippen molar-refractivity contribution in [2.45, 2.75) is 26.2 Å². The van der Waals surface area contributed by atoms with Crippen molar-refractivity contribution in [3.8, 4) is 0 Å². The maximum atomic E-state index is 12.6. The number of carbonyl (C=O) groups excluding carboxylic acids is 2. The van der Waals surface area contributed by atoms with Crippen LogP contribution in [0.3, 0.4) is 0 Å². The normalized spacial score (nSPS) is 15.8. The van der Waals surface area contributed by atoms with E-state index in [4.69, 9.17) is 4.74 Å². The number of hydrogen-bond donors (Lipinski definition) is 0. The molecule has 122 valence electrons. The predicted octanol–water partition coefficient (Wildman–Crippen LogP) is 3.71. The van der Waals surface area contributed by atoms with Gasteiger partial charge in [-0.2, -0.15) is 0 Å². The Balaban J connectivity index is 1.58. The van der Waals surface area contributed by atoms with Crippen molar-refractivity contribution in [2.75, 3.05) is 19.7 Å². The molecule has 5 heteroatoms. The minimum Gasteiger partial charge on any atom is -0.466 e. The van der Waals surface area contributed by atoms with Crippen LogP contribution in [0.15, 0.2) is 30.3 Å². The highest BCUT2D eigenvalue weighted by Gasteiger charge is 2.26. The molecule has 2 heterocycles. The average molecular weight is 331 g/mol. The summed E-state index contributed by atoms with van der Waals surface area (Å²) in [7, 11) is 0. The lowest BCUT2D eigenvalue weighted by molar-refractivity contribution is -0.144. The number of piperidine rings is 1. The van der Waals surface area contributed by atoms with Crippen LogP contribution in [0.25, 0.3) is 10.1 Å². The highest BCUT2D eigenvalue weighted by molar-refractivity contribution is 7.20. The van der Waals surface area contributed by atoms with E-state index < -0.39 is 0 Å². The van der Waals surface area contributed by atoms with Crippen molar-refractivity contribution >= 4 is 33.3 Å². The molecule has 0 bridgehead atoms. The number of esters is 1. The van der Waals surface area contributed by atoms with E-state index >= 15 is 0 Å². The van der Waals surface area contributed by atoms with Crippen LogP contribution in [0.5, 0.6) is 0 Å². The van der Waals surface area contributed by atoms with E-state index in [-0.39, 0.29) is 11.9 Å². The molecule has 1 aliphatic rings. The molecule has 1 fully saturated rings. The fourth-order valence-corrected chi connectivity index (χ4v) is 4.07. The van der Waals surface area contributed by atoms with Gasteiger partial charge in [-0.3, -0.25) is 9.59 Å². The second kappa shape index (κ2) is 7.13. The number of hydrogen-bond acceptors (Lipinski definition) is 4. The van der Waals surface area contributed by atoms with Gasteiger partial charge in [-0.15, -0.1) is 11.3 Å². The molecule has 0 unspecified atom stereocenters. The van der Waals surface area contributed by atoms with Gasteiger partial charge in [-0.05, 0) is 43.2 Å². The summed E-state index contributed by atoms with van der Waals surface area (Å²) >= 11 is 1.55. The average Bonchev–Trinajstić information content (AvgIpc) is 2.99. The number of nitrogens with zero attached hydrogens (tertiary/aromatic N) is 1. The first-order chi connectivity index (χ1) is 11.2. The van der Waals surface area contributed by atoms with Gasteiger partial charge in [0.25, 0.3) is 5.91 Å². The molecule has 0 saturated carbocycles. The molecule has 0 spiro atoms. The first kappa shape index (κ1) is 16.0. The fraction of sp³-hybridized carbons (Fsp3) is 0.444. The van der Waals surface area contributed by atoms with Crippen LogP contribution in [-0.4, -0.2) is 36.5 Å². The number of rotatable bonds is 4. The second-order valence-electron chi connectivity index (χ2n) is 5.89. The van der Waals surface area contributed by atoms with E-state index in [1.54, 1.807) is 11.3 Å². The minimum absolute atomic E-state index is 0.112. The summed E-state index contributed by atoms with van der Waals surface area (Å²) in [4.78, 5) is 26.9. The van der Waals surface area contributed by atoms with Crippen LogP contribution >= 0.6 is 11.3 Å². The van der Waals surface area contributed by atoms with E-state index in [9.17, 15) is 9.59 Å². The number of ether oxygens (including phenoxy) is 1. The third-order valence-corrected chi connectivity index (χ3v) is 5.40. The number of amides is 1. The highest BCUT2D eigenvalue weighted by atomic mass is 32.1. The Morgan fingerprint density at radius 3 is 2.70 bits per heavy atom. The summed E-state index contributed by atoms with van der Waals surface area (Å²) in [6.45, 7) is 3.70. The van der Waals surface area contributed by atoms with E-state index in [1.807, 2.05) is 42.2 Å². The van der Waals surface area contributed by atoms with E-state index in [0.29, 0.717) is 18.9 Å². The zero-order valence-electron chi connectivity index (χ0n) is 13.3. The summed E-state index contributed by atoms with van der Waals surface area (Å²) in [5.74, 6) is 0.322. The quantitative estimate of drug-likeness (QED) is 0.803. The number of likely N-dealkylation sites (tertiary alicyclic amines) is 1. The first-order valence-corrected chi connectivity index (χ1v) is 8.92. The van der Waals surface area contributed by atoms with Gasteiger partial charge in [0.1, 0.15) is 0 Å². The zero-order chi connectivity index (χ0) is 16.2. The van der Waals surface area contributed by atoms with Crippen molar-refractivity contribution in [3.63, 3.8) is 0 Å². The third-order valence-electron chi connectivity index (χ3n) is 4.30. The SMILES string of the molecule is CCOC(=O)CC1CCN(C(=O)c2cc3ccccc3s2)CC1. The number of carbonyl (C=O) groups is 2. The van der Waals surface area contributed by atoms with Crippen LogP contribution in [0.1, 0.15) is 35.9 Å².